The van der Waals surface area contributed by atoms with Crippen LogP contribution in [0.2, 0.25) is 0 Å². The maximum atomic E-state index is 3.62. The van der Waals surface area contributed by atoms with Gasteiger partial charge in [0.05, 0.1) is 0 Å². The average Bonchev–Trinajstić information content (AvgIpc) is 2.64. The first-order valence-electron chi connectivity index (χ1n) is 5.27. The van der Waals surface area contributed by atoms with Crippen LogP contribution in [-0.4, -0.2) is 11.0 Å². The number of nitrogens with one attached hydrogen (secondary N) is 2. The lowest BCUT2D eigenvalue weighted by Crippen LogP contribution is -2.26. The van der Waals surface area contributed by atoms with Gasteiger partial charge in [0.2, 0.25) is 0 Å². The van der Waals surface area contributed by atoms with Gasteiger partial charge in [0, 0.05) is 25.0 Å². The molecule has 0 spiro atoms. The third-order valence-corrected chi connectivity index (χ3v) is 3.50. The van der Waals surface area contributed by atoms with Crippen LogP contribution in [0.1, 0.15) is 24.8 Å². The third-order valence-electron chi connectivity index (χ3n) is 3.50. The van der Waals surface area contributed by atoms with Gasteiger partial charge in [0.1, 0.15) is 0 Å². The van der Waals surface area contributed by atoms with Crippen molar-refractivity contribution >= 4 is 0 Å². The maximum Gasteiger partial charge on any atom is 0.0223 e. The molecule has 0 saturated heterocycles. The number of H-pyrrole nitrogens is 1. The Morgan fingerprint density at radius 3 is 2.85 bits per heavy atom. The SMILES string of the molecule is c1cc(CNC2CC3CC3C2)c[nH]1. The molecule has 0 bridgehead atoms. The fourth-order valence-corrected chi connectivity index (χ4v) is 2.61. The van der Waals surface area contributed by atoms with Crippen molar-refractivity contribution in [1.29, 1.82) is 0 Å². The molecule has 2 aliphatic carbocycles. The molecule has 2 nitrogen and oxygen atoms in total. The summed E-state index contributed by atoms with van der Waals surface area (Å²) in [6.45, 7) is 1.04. The Kier molecular flexibility index (Phi) is 1.69. The minimum absolute atomic E-state index is 0.804. The summed E-state index contributed by atoms with van der Waals surface area (Å²) in [7, 11) is 0. The zero-order valence-corrected chi connectivity index (χ0v) is 7.79. The second kappa shape index (κ2) is 2.88. The highest BCUT2D eigenvalue weighted by Crippen LogP contribution is 2.51. The highest BCUT2D eigenvalue weighted by atomic mass is 14.9. The molecule has 1 heterocycles. The lowest BCUT2D eigenvalue weighted by Gasteiger charge is -2.12. The lowest BCUT2D eigenvalue weighted by atomic mass is 10.1. The van der Waals surface area contributed by atoms with Gasteiger partial charge in [-0.05, 0) is 42.7 Å². The largest absolute Gasteiger partial charge is 0.367 e. The van der Waals surface area contributed by atoms with Crippen LogP contribution in [-0.2, 0) is 6.54 Å². The van der Waals surface area contributed by atoms with Crippen molar-refractivity contribution < 1.29 is 0 Å². The first-order valence-corrected chi connectivity index (χ1v) is 5.27. The minimum Gasteiger partial charge on any atom is -0.367 e. The zero-order valence-electron chi connectivity index (χ0n) is 7.79. The Labute approximate surface area is 78.7 Å². The second-order valence-electron chi connectivity index (χ2n) is 4.52. The topological polar surface area (TPSA) is 27.8 Å². The molecular weight excluding hydrogens is 160 g/mol. The predicted octanol–water partition coefficient (Wildman–Crippen LogP) is 1.90. The molecule has 2 unspecified atom stereocenters. The van der Waals surface area contributed by atoms with Gasteiger partial charge in [-0.2, -0.15) is 0 Å². The Morgan fingerprint density at radius 2 is 2.15 bits per heavy atom. The highest BCUT2D eigenvalue weighted by molar-refractivity contribution is 5.08. The molecule has 0 radical (unpaired) electrons. The van der Waals surface area contributed by atoms with Gasteiger partial charge in [-0.15, -0.1) is 0 Å². The van der Waals surface area contributed by atoms with Crippen LogP contribution in [0.25, 0.3) is 0 Å². The van der Waals surface area contributed by atoms with E-state index in [0.717, 1.165) is 24.4 Å². The molecule has 1 aromatic heterocycles. The number of hydrogen-bond acceptors (Lipinski definition) is 1. The van der Waals surface area contributed by atoms with E-state index in [9.17, 15) is 0 Å². The summed E-state index contributed by atoms with van der Waals surface area (Å²) in [5, 5.41) is 3.62. The van der Waals surface area contributed by atoms with Crippen LogP contribution in [0.3, 0.4) is 0 Å². The van der Waals surface area contributed by atoms with Crippen LogP contribution in [0.4, 0.5) is 0 Å². The molecule has 0 amide bonds. The molecule has 2 aliphatic rings. The second-order valence-corrected chi connectivity index (χ2v) is 4.52. The summed E-state index contributed by atoms with van der Waals surface area (Å²) in [4.78, 5) is 3.08. The van der Waals surface area contributed by atoms with Crippen LogP contribution in [0.15, 0.2) is 18.5 Å². The van der Waals surface area contributed by atoms with E-state index in [0.29, 0.717) is 0 Å². The first kappa shape index (κ1) is 7.63. The number of fused-ring (bicyclic) bond motifs is 1. The standard InChI is InChI=1S/C11H16N2/c1-2-12-6-8(1)7-13-11-4-9-3-10(9)5-11/h1-2,6,9-13H,3-5,7H2. The number of rotatable bonds is 3. The Hall–Kier alpha value is -0.760. The van der Waals surface area contributed by atoms with E-state index in [1.54, 1.807) is 0 Å². The Morgan fingerprint density at radius 1 is 1.31 bits per heavy atom. The lowest BCUT2D eigenvalue weighted by molar-refractivity contribution is 0.480. The smallest absolute Gasteiger partial charge is 0.0223 e. The van der Waals surface area contributed by atoms with Crippen molar-refractivity contribution in [3.63, 3.8) is 0 Å². The van der Waals surface area contributed by atoms with Crippen LogP contribution >= 0.6 is 0 Å². The maximum absolute atomic E-state index is 3.62. The van der Waals surface area contributed by atoms with Crippen molar-refractivity contribution in [1.82, 2.24) is 10.3 Å². The number of aromatic nitrogens is 1. The van der Waals surface area contributed by atoms with Crippen molar-refractivity contribution in [3.05, 3.63) is 24.0 Å². The summed E-state index contributed by atoms with van der Waals surface area (Å²) in [5.41, 5.74) is 1.38. The molecule has 2 N–H and O–H groups in total. The van der Waals surface area contributed by atoms with Gasteiger partial charge in [-0.1, -0.05) is 0 Å². The van der Waals surface area contributed by atoms with Gasteiger partial charge in [-0.3, -0.25) is 0 Å². The van der Waals surface area contributed by atoms with Gasteiger partial charge < -0.3 is 10.3 Å². The third kappa shape index (κ3) is 1.51. The molecule has 0 aliphatic heterocycles. The van der Waals surface area contributed by atoms with E-state index in [1.807, 2.05) is 6.20 Å². The summed E-state index contributed by atoms with van der Waals surface area (Å²) in [5.74, 6) is 2.17. The van der Waals surface area contributed by atoms with E-state index < -0.39 is 0 Å². The molecule has 13 heavy (non-hydrogen) atoms. The van der Waals surface area contributed by atoms with E-state index in [-0.39, 0.29) is 0 Å². The fraction of sp³-hybridized carbons (Fsp3) is 0.636. The van der Waals surface area contributed by atoms with E-state index in [2.05, 4.69) is 22.6 Å². The molecule has 2 atom stereocenters. The quantitative estimate of drug-likeness (QED) is 0.723. The first-order chi connectivity index (χ1) is 6.42. The number of aromatic amines is 1. The molecule has 3 rings (SSSR count). The van der Waals surface area contributed by atoms with E-state index >= 15 is 0 Å². The van der Waals surface area contributed by atoms with Crippen LogP contribution < -0.4 is 5.32 Å². The van der Waals surface area contributed by atoms with Crippen molar-refractivity contribution in [2.24, 2.45) is 11.8 Å². The average molecular weight is 176 g/mol. The summed E-state index contributed by atoms with van der Waals surface area (Å²) in [6.07, 6.45) is 8.43. The highest BCUT2D eigenvalue weighted by Gasteiger charge is 2.45. The monoisotopic (exact) mass is 176 g/mol. The summed E-state index contributed by atoms with van der Waals surface area (Å²) >= 11 is 0. The van der Waals surface area contributed by atoms with Crippen LogP contribution in [0, 0.1) is 11.8 Å². The molecule has 2 heteroatoms. The molecule has 2 fully saturated rings. The number of hydrogen-bond donors (Lipinski definition) is 2. The van der Waals surface area contributed by atoms with E-state index in [4.69, 9.17) is 0 Å². The van der Waals surface area contributed by atoms with Gasteiger partial charge >= 0.3 is 0 Å². The fourth-order valence-electron chi connectivity index (χ4n) is 2.61. The van der Waals surface area contributed by atoms with Crippen molar-refractivity contribution in [2.45, 2.75) is 31.8 Å². The Balaban J connectivity index is 1.48. The van der Waals surface area contributed by atoms with Gasteiger partial charge in [-0.25, -0.2) is 0 Å². The molecule has 1 aromatic rings. The summed E-state index contributed by atoms with van der Waals surface area (Å²) in [6, 6.07) is 2.95. The predicted molar refractivity (Wildman–Crippen MR) is 52.3 cm³/mol. The molecular formula is C11H16N2. The zero-order chi connectivity index (χ0) is 8.67. The van der Waals surface area contributed by atoms with Crippen molar-refractivity contribution in [3.8, 4) is 0 Å². The normalized spacial score (nSPS) is 36.2. The molecule has 0 aromatic carbocycles. The molecule has 2 saturated carbocycles. The molecule has 70 valence electrons. The minimum atomic E-state index is 0.804. The summed E-state index contributed by atoms with van der Waals surface area (Å²) < 4.78 is 0. The van der Waals surface area contributed by atoms with Gasteiger partial charge in [0.25, 0.3) is 0 Å². The van der Waals surface area contributed by atoms with Crippen molar-refractivity contribution in [2.75, 3.05) is 0 Å². The van der Waals surface area contributed by atoms with Crippen LogP contribution in [0.5, 0.6) is 0 Å². The van der Waals surface area contributed by atoms with Gasteiger partial charge in [0.15, 0.2) is 0 Å². The van der Waals surface area contributed by atoms with E-state index in [1.165, 1.54) is 24.8 Å². The Bertz CT molecular complexity index is 268.